The average molecular weight is 423 g/mol. The van der Waals surface area contributed by atoms with Crippen LogP contribution in [-0.4, -0.2) is 10.8 Å². The lowest BCUT2D eigenvalue weighted by Crippen LogP contribution is -2.10. The van der Waals surface area contributed by atoms with Gasteiger partial charge in [-0.25, -0.2) is 0 Å². The predicted octanol–water partition coefficient (Wildman–Crippen LogP) is 5.79. The van der Waals surface area contributed by atoms with E-state index in [-0.39, 0.29) is 23.0 Å². The van der Waals surface area contributed by atoms with Crippen molar-refractivity contribution in [3.63, 3.8) is 0 Å². The smallest absolute Gasteiger partial charge is 0.271 e. The van der Waals surface area contributed by atoms with Gasteiger partial charge in [0.25, 0.3) is 11.6 Å². The number of anilines is 1. The molecule has 0 fully saturated rings. The first kappa shape index (κ1) is 19.2. The van der Waals surface area contributed by atoms with Crippen molar-refractivity contribution in [2.75, 3.05) is 5.32 Å². The molecule has 3 rings (SSSR count). The highest BCUT2D eigenvalue weighted by Gasteiger charge is 2.15. The first-order valence-electron chi connectivity index (χ1n) is 7.63. The molecule has 9 heteroatoms. The van der Waals surface area contributed by atoms with E-state index in [0.29, 0.717) is 15.6 Å². The Balaban J connectivity index is 1.66. The molecule has 0 unspecified atom stereocenters. The van der Waals surface area contributed by atoms with Crippen LogP contribution in [0.25, 0.3) is 0 Å². The minimum Gasteiger partial charge on any atom is -0.489 e. The van der Waals surface area contributed by atoms with Crippen LogP contribution in [-0.2, 0) is 6.61 Å². The number of hydrogen-bond donors (Lipinski definition) is 1. The number of nitro groups is 1. The molecule has 0 aliphatic carbocycles. The molecule has 0 saturated carbocycles. The first-order chi connectivity index (χ1) is 12.9. The summed E-state index contributed by atoms with van der Waals surface area (Å²) in [6.45, 7) is 0.279. The van der Waals surface area contributed by atoms with Crippen molar-refractivity contribution in [3.05, 3.63) is 84.5 Å². The number of hydrogen-bond acceptors (Lipinski definition) is 5. The summed E-state index contributed by atoms with van der Waals surface area (Å²) in [7, 11) is 0. The quantitative estimate of drug-likeness (QED) is 0.402. The fraction of sp³-hybridized carbons (Fsp3) is 0.0556. The number of carbonyl (C=O) groups excluding carboxylic acids is 1. The van der Waals surface area contributed by atoms with Gasteiger partial charge < -0.3 is 10.1 Å². The van der Waals surface area contributed by atoms with E-state index in [1.165, 1.54) is 29.5 Å². The van der Waals surface area contributed by atoms with E-state index in [4.69, 9.17) is 27.9 Å². The molecule has 0 aliphatic rings. The molecule has 6 nitrogen and oxygen atoms in total. The Morgan fingerprint density at radius 2 is 2.00 bits per heavy atom. The van der Waals surface area contributed by atoms with Crippen molar-refractivity contribution in [1.29, 1.82) is 0 Å². The molecular formula is C18H12Cl2N2O4S. The Labute approximate surface area is 168 Å². The van der Waals surface area contributed by atoms with Gasteiger partial charge >= 0.3 is 0 Å². The van der Waals surface area contributed by atoms with Gasteiger partial charge in [-0.3, -0.25) is 14.9 Å². The number of thiophene rings is 1. The number of nitro benzene ring substituents is 1. The van der Waals surface area contributed by atoms with E-state index in [0.717, 1.165) is 5.56 Å². The van der Waals surface area contributed by atoms with Crippen molar-refractivity contribution in [1.82, 2.24) is 0 Å². The van der Waals surface area contributed by atoms with E-state index >= 15 is 0 Å². The molecule has 1 N–H and O–H groups in total. The van der Waals surface area contributed by atoms with Crippen molar-refractivity contribution in [2.24, 2.45) is 0 Å². The molecule has 1 heterocycles. The monoisotopic (exact) mass is 422 g/mol. The highest BCUT2D eigenvalue weighted by molar-refractivity contribution is 7.12. The summed E-state index contributed by atoms with van der Waals surface area (Å²) in [5, 5.41) is 16.0. The molecular weight excluding hydrogens is 411 g/mol. The average Bonchev–Trinajstić information content (AvgIpc) is 3.11. The van der Waals surface area contributed by atoms with Gasteiger partial charge in [-0.05, 0) is 35.7 Å². The van der Waals surface area contributed by atoms with Crippen LogP contribution in [0.2, 0.25) is 10.0 Å². The normalized spacial score (nSPS) is 10.4. The zero-order valence-electron chi connectivity index (χ0n) is 13.6. The van der Waals surface area contributed by atoms with Crippen molar-refractivity contribution >= 4 is 51.8 Å². The minimum absolute atomic E-state index is 0.156. The standard InChI is InChI=1S/C18H12Cl2N2O4S/c19-12-2-1-3-14(7-12)26-9-11-6-17(27-10-11)18(23)21-16-8-13(22(24)25)4-5-15(16)20/h1-8,10H,9H2,(H,21,23). The number of carbonyl (C=O) groups is 1. The second kappa shape index (κ2) is 8.39. The lowest BCUT2D eigenvalue weighted by atomic mass is 10.2. The molecule has 0 aliphatic heterocycles. The highest BCUT2D eigenvalue weighted by Crippen LogP contribution is 2.28. The van der Waals surface area contributed by atoms with E-state index in [9.17, 15) is 14.9 Å². The van der Waals surface area contributed by atoms with Crippen LogP contribution in [0.5, 0.6) is 5.75 Å². The molecule has 0 radical (unpaired) electrons. The Morgan fingerprint density at radius 3 is 2.74 bits per heavy atom. The van der Waals surface area contributed by atoms with Gasteiger partial charge in [0.2, 0.25) is 0 Å². The van der Waals surface area contributed by atoms with E-state index in [1.807, 2.05) is 0 Å². The Kier molecular flexibility index (Phi) is 5.95. The van der Waals surface area contributed by atoms with Crippen molar-refractivity contribution < 1.29 is 14.5 Å². The molecule has 2 aromatic carbocycles. The molecule has 0 saturated heterocycles. The summed E-state index contributed by atoms with van der Waals surface area (Å²) < 4.78 is 5.64. The largest absolute Gasteiger partial charge is 0.489 e. The summed E-state index contributed by atoms with van der Waals surface area (Å²) in [6.07, 6.45) is 0. The van der Waals surface area contributed by atoms with Crippen LogP contribution in [0.1, 0.15) is 15.2 Å². The first-order valence-corrected chi connectivity index (χ1v) is 9.27. The second-order valence-electron chi connectivity index (χ2n) is 5.44. The lowest BCUT2D eigenvalue weighted by Gasteiger charge is -2.06. The number of amides is 1. The van der Waals surface area contributed by atoms with Crippen LogP contribution in [0.4, 0.5) is 11.4 Å². The summed E-state index contributed by atoms with van der Waals surface area (Å²) in [4.78, 5) is 23.1. The minimum atomic E-state index is -0.553. The van der Waals surface area contributed by atoms with Crippen LogP contribution < -0.4 is 10.1 Å². The van der Waals surface area contributed by atoms with Crippen molar-refractivity contribution in [2.45, 2.75) is 6.61 Å². The van der Waals surface area contributed by atoms with Gasteiger partial charge in [-0.2, -0.15) is 0 Å². The highest BCUT2D eigenvalue weighted by atomic mass is 35.5. The van der Waals surface area contributed by atoms with Crippen LogP contribution in [0.15, 0.2) is 53.9 Å². The van der Waals surface area contributed by atoms with Gasteiger partial charge in [0.05, 0.1) is 20.5 Å². The van der Waals surface area contributed by atoms with Gasteiger partial charge in [0.1, 0.15) is 12.4 Å². The SMILES string of the molecule is O=C(Nc1cc([N+](=O)[O-])ccc1Cl)c1cc(COc2cccc(Cl)c2)cs1. The van der Waals surface area contributed by atoms with E-state index in [1.54, 1.807) is 35.7 Å². The van der Waals surface area contributed by atoms with Gasteiger partial charge in [-0.1, -0.05) is 29.3 Å². The zero-order chi connectivity index (χ0) is 19.4. The lowest BCUT2D eigenvalue weighted by molar-refractivity contribution is -0.384. The number of benzene rings is 2. The summed E-state index contributed by atoms with van der Waals surface area (Å²) in [6, 6.07) is 12.6. The third-order valence-electron chi connectivity index (χ3n) is 3.49. The molecule has 0 spiro atoms. The summed E-state index contributed by atoms with van der Waals surface area (Å²) in [5.74, 6) is 0.222. The molecule has 27 heavy (non-hydrogen) atoms. The fourth-order valence-electron chi connectivity index (χ4n) is 2.20. The van der Waals surface area contributed by atoms with Crippen LogP contribution >= 0.6 is 34.5 Å². The van der Waals surface area contributed by atoms with Gasteiger partial charge in [0.15, 0.2) is 0 Å². The predicted molar refractivity (Wildman–Crippen MR) is 106 cm³/mol. The Morgan fingerprint density at radius 1 is 1.19 bits per heavy atom. The molecule has 0 atom stereocenters. The molecule has 1 aromatic heterocycles. The maximum Gasteiger partial charge on any atom is 0.271 e. The van der Waals surface area contributed by atoms with E-state index in [2.05, 4.69) is 5.32 Å². The van der Waals surface area contributed by atoms with Gasteiger partial charge in [0, 0.05) is 22.7 Å². The number of non-ortho nitro benzene ring substituents is 1. The summed E-state index contributed by atoms with van der Waals surface area (Å²) in [5.41, 5.74) is 0.841. The van der Waals surface area contributed by atoms with Gasteiger partial charge in [-0.15, -0.1) is 11.3 Å². The van der Waals surface area contributed by atoms with Crippen LogP contribution in [0, 0.1) is 10.1 Å². The number of nitrogens with one attached hydrogen (secondary N) is 1. The maximum atomic E-state index is 12.4. The fourth-order valence-corrected chi connectivity index (χ4v) is 3.34. The maximum absolute atomic E-state index is 12.4. The number of rotatable bonds is 6. The number of ether oxygens (including phenoxy) is 1. The third-order valence-corrected chi connectivity index (χ3v) is 5.03. The molecule has 0 bridgehead atoms. The second-order valence-corrected chi connectivity index (χ2v) is 7.20. The Hall–Kier alpha value is -2.61. The van der Waals surface area contributed by atoms with Crippen molar-refractivity contribution in [3.8, 4) is 5.75 Å². The zero-order valence-corrected chi connectivity index (χ0v) is 16.0. The third kappa shape index (κ3) is 4.97. The Bertz CT molecular complexity index is 1010. The summed E-state index contributed by atoms with van der Waals surface area (Å²) >= 11 is 13.1. The van der Waals surface area contributed by atoms with E-state index < -0.39 is 10.8 Å². The molecule has 138 valence electrons. The topological polar surface area (TPSA) is 81.5 Å². The number of nitrogens with zero attached hydrogens (tertiary/aromatic N) is 1. The van der Waals surface area contributed by atoms with Crippen LogP contribution in [0.3, 0.4) is 0 Å². The molecule has 3 aromatic rings. The number of halogens is 2. The molecule has 1 amide bonds.